The van der Waals surface area contributed by atoms with Crippen molar-refractivity contribution in [3.63, 3.8) is 0 Å². The molecule has 0 saturated carbocycles. The van der Waals surface area contributed by atoms with Crippen LogP contribution in [0.15, 0.2) is 60.8 Å². The highest BCUT2D eigenvalue weighted by molar-refractivity contribution is 7.45. The van der Waals surface area contributed by atoms with Crippen LogP contribution < -0.4 is 4.89 Å². The summed E-state index contributed by atoms with van der Waals surface area (Å²) in [7, 11) is 1.17. The number of unbranched alkanes of at least 4 members (excludes halogenated alkanes) is 41. The number of quaternary nitrogens is 1. The van der Waals surface area contributed by atoms with Crippen molar-refractivity contribution in [2.75, 3.05) is 47.5 Å². The molecule has 0 fully saturated rings. The first-order valence-corrected chi connectivity index (χ1v) is 36.5. The van der Waals surface area contributed by atoms with Gasteiger partial charge < -0.3 is 27.9 Å². The highest BCUT2D eigenvalue weighted by Gasteiger charge is 2.22. The van der Waals surface area contributed by atoms with Gasteiger partial charge in [-0.05, 0) is 83.5 Å². The molecular formula is C72H134NO8P. The van der Waals surface area contributed by atoms with E-state index in [0.29, 0.717) is 17.4 Å². The highest BCUT2D eigenvalue weighted by Crippen LogP contribution is 2.38. The summed E-state index contributed by atoms with van der Waals surface area (Å²) in [5.41, 5.74) is 0. The lowest BCUT2D eigenvalue weighted by atomic mass is 10.0. The molecule has 0 aliphatic carbocycles. The van der Waals surface area contributed by atoms with Crippen molar-refractivity contribution in [1.82, 2.24) is 0 Å². The van der Waals surface area contributed by atoms with E-state index < -0.39 is 26.5 Å². The minimum atomic E-state index is -4.64. The van der Waals surface area contributed by atoms with E-state index in [9.17, 15) is 19.0 Å². The minimum absolute atomic E-state index is 0.0316. The highest BCUT2D eigenvalue weighted by atomic mass is 31.2. The van der Waals surface area contributed by atoms with Crippen LogP contribution in [0.2, 0.25) is 0 Å². The Kier molecular flexibility index (Phi) is 61.5. The zero-order valence-electron chi connectivity index (χ0n) is 54.7. The first-order valence-electron chi connectivity index (χ1n) is 35.0. The molecule has 0 radical (unpaired) electrons. The van der Waals surface area contributed by atoms with E-state index in [1.807, 2.05) is 21.1 Å². The summed E-state index contributed by atoms with van der Waals surface area (Å²) in [5, 5.41) is 0. The third-order valence-electron chi connectivity index (χ3n) is 15.5. The van der Waals surface area contributed by atoms with Gasteiger partial charge >= 0.3 is 11.9 Å². The van der Waals surface area contributed by atoms with E-state index in [2.05, 4.69) is 74.6 Å². The largest absolute Gasteiger partial charge is 0.756 e. The number of carbonyl (C=O) groups is 2. The molecule has 0 bridgehead atoms. The van der Waals surface area contributed by atoms with Crippen LogP contribution in [0.25, 0.3) is 0 Å². The Balaban J connectivity index is 4.01. The van der Waals surface area contributed by atoms with Gasteiger partial charge in [0.25, 0.3) is 7.82 Å². The van der Waals surface area contributed by atoms with Gasteiger partial charge in [0, 0.05) is 12.8 Å². The van der Waals surface area contributed by atoms with Gasteiger partial charge in [-0.1, -0.05) is 299 Å². The third-order valence-corrected chi connectivity index (χ3v) is 16.5. The van der Waals surface area contributed by atoms with Crippen LogP contribution >= 0.6 is 7.82 Å². The third kappa shape index (κ3) is 66.8. The van der Waals surface area contributed by atoms with Crippen molar-refractivity contribution < 1.29 is 42.1 Å². The lowest BCUT2D eigenvalue weighted by molar-refractivity contribution is -0.870. The summed E-state index contributed by atoms with van der Waals surface area (Å²) in [6.45, 7) is 4.26. The van der Waals surface area contributed by atoms with Crippen molar-refractivity contribution in [2.45, 2.75) is 341 Å². The quantitative estimate of drug-likeness (QED) is 0.0195. The van der Waals surface area contributed by atoms with Crippen molar-refractivity contribution in [1.29, 1.82) is 0 Å². The first kappa shape index (κ1) is 79.7. The van der Waals surface area contributed by atoms with Gasteiger partial charge in [0.1, 0.15) is 19.8 Å². The second kappa shape index (κ2) is 63.2. The fraction of sp³-hybridized carbons (Fsp3) is 0.833. The van der Waals surface area contributed by atoms with Crippen LogP contribution in [-0.2, 0) is 32.7 Å². The number of ether oxygens (including phenoxy) is 2. The molecule has 0 saturated heterocycles. The maximum Gasteiger partial charge on any atom is 0.306 e. The first-order chi connectivity index (χ1) is 40.0. The summed E-state index contributed by atoms with van der Waals surface area (Å²) in [6, 6.07) is 0. The Morgan fingerprint density at radius 3 is 0.976 bits per heavy atom. The van der Waals surface area contributed by atoms with E-state index in [0.717, 1.165) is 64.2 Å². The molecule has 0 rings (SSSR count). The smallest absolute Gasteiger partial charge is 0.306 e. The second-order valence-electron chi connectivity index (χ2n) is 24.9. The van der Waals surface area contributed by atoms with Crippen molar-refractivity contribution in [2.24, 2.45) is 0 Å². The fourth-order valence-corrected chi connectivity index (χ4v) is 10.8. The predicted octanol–water partition coefficient (Wildman–Crippen LogP) is 22.0. The van der Waals surface area contributed by atoms with Gasteiger partial charge in [-0.3, -0.25) is 14.2 Å². The molecule has 0 amide bonds. The summed E-state index contributed by atoms with van der Waals surface area (Å²) in [5.74, 6) is -0.824. The van der Waals surface area contributed by atoms with Crippen LogP contribution in [0, 0.1) is 0 Å². The molecule has 2 unspecified atom stereocenters. The minimum Gasteiger partial charge on any atom is -0.756 e. The molecule has 0 aromatic rings. The molecule has 0 aliphatic rings. The molecule has 9 nitrogen and oxygen atoms in total. The second-order valence-corrected chi connectivity index (χ2v) is 26.3. The number of esters is 2. The van der Waals surface area contributed by atoms with Crippen LogP contribution in [0.3, 0.4) is 0 Å². The van der Waals surface area contributed by atoms with Crippen LogP contribution in [-0.4, -0.2) is 70.0 Å². The predicted molar refractivity (Wildman–Crippen MR) is 351 cm³/mol. The molecule has 0 aliphatic heterocycles. The maximum absolute atomic E-state index is 12.8. The number of rotatable bonds is 65. The summed E-state index contributed by atoms with van der Waals surface area (Å²) < 4.78 is 34.3. The molecule has 0 aromatic carbocycles. The Hall–Kier alpha value is -2.29. The lowest BCUT2D eigenvalue weighted by Gasteiger charge is -2.28. The molecule has 2 atom stereocenters. The number of allylic oxidation sites excluding steroid dienone is 10. The van der Waals surface area contributed by atoms with Gasteiger partial charge in [-0.25, -0.2) is 0 Å². The van der Waals surface area contributed by atoms with Crippen molar-refractivity contribution in [3.05, 3.63) is 60.8 Å². The number of nitrogens with zero attached hydrogens (tertiary/aromatic N) is 1. The van der Waals surface area contributed by atoms with Gasteiger partial charge in [-0.2, -0.15) is 0 Å². The Bertz CT molecular complexity index is 1570. The summed E-state index contributed by atoms with van der Waals surface area (Å²) >= 11 is 0. The van der Waals surface area contributed by atoms with E-state index >= 15 is 0 Å². The van der Waals surface area contributed by atoms with E-state index in [4.69, 9.17) is 18.5 Å². The van der Waals surface area contributed by atoms with Crippen molar-refractivity contribution >= 4 is 19.8 Å². The average molecular weight is 1170 g/mol. The zero-order chi connectivity index (χ0) is 59.8. The Morgan fingerprint density at radius 2 is 0.659 bits per heavy atom. The van der Waals surface area contributed by atoms with Crippen LogP contribution in [0.1, 0.15) is 335 Å². The molecule has 0 aromatic heterocycles. The molecule has 0 heterocycles. The lowest BCUT2D eigenvalue weighted by Crippen LogP contribution is -2.37. The zero-order valence-corrected chi connectivity index (χ0v) is 55.6. The van der Waals surface area contributed by atoms with Crippen molar-refractivity contribution in [3.8, 4) is 0 Å². The SMILES string of the molecule is CCCCCCC/C=C\C/C=C\C/C=C\CCCCCCCCCCCCC(=O)OC(COC(=O)CCCCCCCCCCCCCCCCCCCCCCC/C=C\C/C=C\CCCCCCC)COP(=O)([O-])OCC[N+](C)(C)C. The number of hydrogen-bond acceptors (Lipinski definition) is 8. The number of carbonyl (C=O) groups excluding carboxylic acids is 2. The van der Waals surface area contributed by atoms with Gasteiger partial charge in [-0.15, -0.1) is 0 Å². The summed E-state index contributed by atoms with van der Waals surface area (Å²) in [4.78, 5) is 38.0. The average Bonchev–Trinajstić information content (AvgIpc) is 3.46. The summed E-state index contributed by atoms with van der Waals surface area (Å²) in [6.07, 6.45) is 83.0. The maximum atomic E-state index is 12.8. The number of likely N-dealkylation sites (N-methyl/N-ethyl adjacent to an activating group) is 1. The van der Waals surface area contributed by atoms with Crippen LogP contribution in [0.5, 0.6) is 0 Å². The van der Waals surface area contributed by atoms with E-state index in [1.54, 1.807) is 0 Å². The van der Waals surface area contributed by atoms with Gasteiger partial charge in [0.05, 0.1) is 27.7 Å². The van der Waals surface area contributed by atoms with Gasteiger partial charge in [0.2, 0.25) is 0 Å². The van der Waals surface area contributed by atoms with Crippen LogP contribution in [0.4, 0.5) is 0 Å². The Labute approximate surface area is 508 Å². The normalized spacial score (nSPS) is 13.5. The van der Waals surface area contributed by atoms with E-state index in [1.165, 1.54) is 238 Å². The molecule has 0 N–H and O–H groups in total. The number of hydrogen-bond donors (Lipinski definition) is 0. The molecule has 10 heteroatoms. The standard InChI is InChI=1S/C72H134NO8P/c1-6-8-10-12-14-16-18-20-22-24-26-28-30-32-33-34-35-36-37-38-39-41-42-44-46-48-50-52-54-56-58-60-62-64-71(74)78-68-70(69-80-82(76,77)79-67-66-73(3,4)5)81-72(75)65-63-61-59-57-55-53-51-49-47-45-43-40-31-29-27-25-23-21-19-17-15-13-11-9-7-2/h18-21,24-27,31,40,70H,6-17,22-23,28-30,32-39,41-69H2,1-5H3/b20-18-,21-19-,26-24-,27-25-,40-31-. The Morgan fingerprint density at radius 1 is 0.378 bits per heavy atom. The number of phosphoric ester groups is 1. The monoisotopic (exact) mass is 1170 g/mol. The molecular weight excluding hydrogens is 1040 g/mol. The van der Waals surface area contributed by atoms with Gasteiger partial charge in [0.15, 0.2) is 6.10 Å². The fourth-order valence-electron chi connectivity index (χ4n) is 10.1. The number of phosphoric acid groups is 1. The van der Waals surface area contributed by atoms with E-state index in [-0.39, 0.29) is 32.0 Å². The topological polar surface area (TPSA) is 111 Å². The molecule has 480 valence electrons. The molecule has 0 spiro atoms. The molecule has 82 heavy (non-hydrogen) atoms.